The molecule has 7 heteroatoms. The second kappa shape index (κ2) is 5.33. The first-order valence-electron chi connectivity index (χ1n) is 7.00. The fourth-order valence-electron chi connectivity index (χ4n) is 3.28. The van der Waals surface area contributed by atoms with Crippen LogP contribution in [-0.2, 0) is 14.3 Å². The van der Waals surface area contributed by atoms with E-state index in [9.17, 15) is 9.59 Å². The van der Waals surface area contributed by atoms with Gasteiger partial charge in [-0.25, -0.2) is 4.79 Å². The fourth-order valence-corrected chi connectivity index (χ4v) is 4.30. The lowest BCUT2D eigenvalue weighted by Gasteiger charge is -2.46. The summed E-state index contributed by atoms with van der Waals surface area (Å²) in [6.45, 7) is 2.04. The number of carbonyl (C=O) groups excluding carboxylic acids is 2. The van der Waals surface area contributed by atoms with E-state index in [0.717, 1.165) is 11.1 Å². The first-order valence-corrected chi connectivity index (χ1v) is 7.92. The molecule has 0 N–H and O–H groups in total. The number of halogens is 1. The molecule has 3 rings (SSSR count). The number of amides is 3. The van der Waals surface area contributed by atoms with E-state index in [-0.39, 0.29) is 12.5 Å². The Morgan fingerprint density at radius 1 is 1.23 bits per heavy atom. The molecule has 118 valence electrons. The Hall–Kier alpha value is -1.44. The largest absolute Gasteiger partial charge is 0.357 e. The third-order valence-electron chi connectivity index (χ3n) is 4.31. The van der Waals surface area contributed by atoms with Crippen molar-refractivity contribution in [3.8, 4) is 0 Å². The number of imide groups is 1. The molecule has 22 heavy (non-hydrogen) atoms. The molecule has 1 aromatic carbocycles. The Labute approximate surface area is 137 Å². The van der Waals surface area contributed by atoms with Crippen LogP contribution in [-0.4, -0.2) is 48.2 Å². The van der Waals surface area contributed by atoms with Gasteiger partial charge in [0.15, 0.2) is 6.23 Å². The second-order valence-electron chi connectivity index (χ2n) is 5.18. The monoisotopic (exact) mass is 368 g/mol. The van der Waals surface area contributed by atoms with Crippen molar-refractivity contribution >= 4 is 27.9 Å². The van der Waals surface area contributed by atoms with Gasteiger partial charge in [-0.1, -0.05) is 40.2 Å². The predicted octanol–water partition coefficient (Wildman–Crippen LogP) is 2.41. The number of hydrogen-bond donors (Lipinski definition) is 0. The van der Waals surface area contributed by atoms with E-state index >= 15 is 0 Å². The molecule has 1 aromatic rings. The number of urea groups is 1. The van der Waals surface area contributed by atoms with Crippen LogP contribution in [0.4, 0.5) is 4.79 Å². The summed E-state index contributed by atoms with van der Waals surface area (Å²) >= 11 is 3.57. The number of benzene rings is 1. The maximum atomic E-state index is 12.9. The van der Waals surface area contributed by atoms with Gasteiger partial charge in [-0.05, 0) is 12.5 Å². The molecule has 3 amide bonds. The first-order chi connectivity index (χ1) is 10.5. The molecule has 0 bridgehead atoms. The Balaban J connectivity index is 2.27. The van der Waals surface area contributed by atoms with Crippen LogP contribution in [0.5, 0.6) is 0 Å². The SMILES string of the molecule is CCN1C(=O)N2[C@@H](OC)c3ccccc3[C@H](Br)[C@]2(OC)C1=O. The summed E-state index contributed by atoms with van der Waals surface area (Å²) in [6.07, 6.45) is -0.669. The molecule has 0 spiro atoms. The third kappa shape index (κ3) is 1.67. The minimum Gasteiger partial charge on any atom is -0.357 e. The molecule has 0 radical (unpaired) electrons. The van der Waals surface area contributed by atoms with Gasteiger partial charge >= 0.3 is 6.03 Å². The van der Waals surface area contributed by atoms with E-state index in [1.54, 1.807) is 6.92 Å². The zero-order chi connectivity index (χ0) is 16.1. The summed E-state index contributed by atoms with van der Waals surface area (Å²) in [5, 5.41) is 0. The second-order valence-corrected chi connectivity index (χ2v) is 6.10. The molecule has 0 saturated carbocycles. The van der Waals surface area contributed by atoms with Crippen LogP contribution in [0.1, 0.15) is 29.1 Å². The van der Waals surface area contributed by atoms with Gasteiger partial charge in [0, 0.05) is 26.3 Å². The van der Waals surface area contributed by atoms with E-state index in [0.29, 0.717) is 0 Å². The zero-order valence-electron chi connectivity index (χ0n) is 12.6. The van der Waals surface area contributed by atoms with Crippen LogP contribution < -0.4 is 0 Å². The van der Waals surface area contributed by atoms with Gasteiger partial charge < -0.3 is 9.47 Å². The number of methoxy groups -OCH3 is 2. The molecule has 2 aliphatic heterocycles. The minimum atomic E-state index is -1.43. The number of likely N-dealkylation sites (N-methyl/N-ethyl adjacent to an activating group) is 1. The molecule has 1 fully saturated rings. The molecular formula is C15H17BrN2O4. The van der Waals surface area contributed by atoms with Crippen LogP contribution in [0.2, 0.25) is 0 Å². The average molecular weight is 369 g/mol. The van der Waals surface area contributed by atoms with Crippen molar-refractivity contribution in [1.82, 2.24) is 9.80 Å². The summed E-state index contributed by atoms with van der Waals surface area (Å²) in [5.74, 6) is -0.374. The van der Waals surface area contributed by atoms with E-state index < -0.39 is 22.8 Å². The summed E-state index contributed by atoms with van der Waals surface area (Å²) in [7, 11) is 2.95. The Morgan fingerprint density at radius 2 is 1.86 bits per heavy atom. The van der Waals surface area contributed by atoms with Gasteiger partial charge in [-0.15, -0.1) is 0 Å². The van der Waals surface area contributed by atoms with E-state index in [2.05, 4.69) is 15.9 Å². The molecule has 3 atom stereocenters. The molecule has 2 heterocycles. The minimum absolute atomic E-state index is 0.284. The zero-order valence-corrected chi connectivity index (χ0v) is 14.2. The van der Waals surface area contributed by atoms with Gasteiger partial charge in [-0.2, -0.15) is 0 Å². The molecule has 0 aromatic heterocycles. The highest BCUT2D eigenvalue weighted by atomic mass is 79.9. The fraction of sp³-hybridized carbons (Fsp3) is 0.467. The molecule has 6 nitrogen and oxygen atoms in total. The van der Waals surface area contributed by atoms with Crippen LogP contribution in [0.25, 0.3) is 0 Å². The van der Waals surface area contributed by atoms with Gasteiger partial charge in [0.2, 0.25) is 5.72 Å². The lowest BCUT2D eigenvalue weighted by Crippen LogP contribution is -2.58. The highest BCUT2D eigenvalue weighted by molar-refractivity contribution is 9.09. The van der Waals surface area contributed by atoms with Gasteiger partial charge in [0.05, 0.1) is 4.83 Å². The number of rotatable bonds is 3. The smallest absolute Gasteiger partial charge is 0.331 e. The molecule has 1 saturated heterocycles. The highest BCUT2D eigenvalue weighted by Crippen LogP contribution is 2.53. The maximum Gasteiger partial charge on any atom is 0.331 e. The standard InChI is InChI=1S/C15H17BrN2O4/c1-4-17-13(19)15(22-3)11(16)9-7-5-6-8-10(9)12(21-2)18(15)14(17)20/h5-8,11-12H,4H2,1-3H3/t11-,12-,15-/m0/s1. The van der Waals surface area contributed by atoms with E-state index in [1.165, 1.54) is 24.0 Å². The van der Waals surface area contributed by atoms with E-state index in [4.69, 9.17) is 9.47 Å². The number of alkyl halides is 1. The Bertz CT molecular complexity index is 638. The number of ether oxygens (including phenoxy) is 2. The molecule has 2 aliphatic rings. The van der Waals surface area contributed by atoms with Gasteiger partial charge in [0.1, 0.15) is 0 Å². The number of fused-ring (bicyclic) bond motifs is 2. The van der Waals surface area contributed by atoms with Crippen molar-refractivity contribution in [1.29, 1.82) is 0 Å². The number of carbonyl (C=O) groups is 2. The van der Waals surface area contributed by atoms with Crippen molar-refractivity contribution in [2.75, 3.05) is 20.8 Å². The number of hydrogen-bond acceptors (Lipinski definition) is 4. The van der Waals surface area contributed by atoms with Crippen molar-refractivity contribution < 1.29 is 19.1 Å². The lowest BCUT2D eigenvalue weighted by atomic mass is 9.90. The molecular weight excluding hydrogens is 352 g/mol. The van der Waals surface area contributed by atoms with Crippen LogP contribution >= 0.6 is 15.9 Å². The van der Waals surface area contributed by atoms with Crippen molar-refractivity contribution in [2.24, 2.45) is 0 Å². The first kappa shape index (κ1) is 15.5. The van der Waals surface area contributed by atoms with Gasteiger partial charge in [0.25, 0.3) is 5.91 Å². The summed E-state index contributed by atoms with van der Waals surface area (Å²) in [5.41, 5.74) is 0.299. The molecule has 0 unspecified atom stereocenters. The number of nitrogens with zero attached hydrogens (tertiary/aromatic N) is 2. The maximum absolute atomic E-state index is 12.9. The van der Waals surface area contributed by atoms with E-state index in [1.807, 2.05) is 24.3 Å². The third-order valence-corrected chi connectivity index (χ3v) is 5.42. The lowest BCUT2D eigenvalue weighted by molar-refractivity contribution is -0.184. The molecule has 0 aliphatic carbocycles. The van der Waals surface area contributed by atoms with Crippen molar-refractivity contribution in [3.63, 3.8) is 0 Å². The van der Waals surface area contributed by atoms with Crippen LogP contribution in [0.15, 0.2) is 24.3 Å². The average Bonchev–Trinajstić information content (AvgIpc) is 2.76. The van der Waals surface area contributed by atoms with Crippen LogP contribution in [0, 0.1) is 0 Å². The predicted molar refractivity (Wildman–Crippen MR) is 82.2 cm³/mol. The highest BCUT2D eigenvalue weighted by Gasteiger charge is 2.66. The van der Waals surface area contributed by atoms with Crippen molar-refractivity contribution in [3.05, 3.63) is 35.4 Å². The summed E-state index contributed by atoms with van der Waals surface area (Å²) in [6, 6.07) is 7.16. The van der Waals surface area contributed by atoms with Crippen molar-refractivity contribution in [2.45, 2.75) is 23.7 Å². The quantitative estimate of drug-likeness (QED) is 0.607. The van der Waals surface area contributed by atoms with Gasteiger partial charge in [-0.3, -0.25) is 14.6 Å². The normalized spacial score (nSPS) is 30.5. The van der Waals surface area contributed by atoms with Crippen LogP contribution in [0.3, 0.4) is 0 Å². The Kier molecular flexibility index (Phi) is 3.74. The summed E-state index contributed by atoms with van der Waals surface area (Å²) in [4.78, 5) is 27.7. The topological polar surface area (TPSA) is 59.1 Å². The Morgan fingerprint density at radius 3 is 2.41 bits per heavy atom. The summed E-state index contributed by atoms with van der Waals surface area (Å²) < 4.78 is 11.1.